The molecule has 4 nitrogen and oxygen atoms in total. The van der Waals surface area contributed by atoms with E-state index in [4.69, 9.17) is 0 Å². The molecule has 1 fully saturated rings. The molecule has 3 rings (SSSR count). The second-order valence-corrected chi connectivity index (χ2v) is 7.34. The van der Waals surface area contributed by atoms with Crippen molar-refractivity contribution >= 4 is 11.7 Å². The van der Waals surface area contributed by atoms with Crippen LogP contribution in [0.1, 0.15) is 48.2 Å². The Balaban J connectivity index is 1.64. The Hall–Kier alpha value is -2.46. The van der Waals surface area contributed by atoms with Gasteiger partial charge in [-0.05, 0) is 63.0 Å². The van der Waals surface area contributed by atoms with Gasteiger partial charge in [-0.15, -0.1) is 0 Å². The standard InChI is InChI=1S/C23H28N2O2/c1-3-24-22(27)20-11-9-19(10-12-20)17-25-15-13-23(14-16-25,18(2)26)21-7-5-4-6-8-21/h4-12H,3,13-17H2,1-2H3,(H,24,27). The van der Waals surface area contributed by atoms with E-state index in [1.54, 1.807) is 6.92 Å². The van der Waals surface area contributed by atoms with Gasteiger partial charge in [-0.1, -0.05) is 42.5 Å². The number of nitrogens with one attached hydrogen (secondary N) is 1. The summed E-state index contributed by atoms with van der Waals surface area (Å²) in [6.45, 7) is 6.91. The van der Waals surface area contributed by atoms with Gasteiger partial charge in [-0.3, -0.25) is 14.5 Å². The van der Waals surface area contributed by atoms with Gasteiger partial charge in [0.1, 0.15) is 5.78 Å². The van der Waals surface area contributed by atoms with Gasteiger partial charge in [0.15, 0.2) is 0 Å². The molecular formula is C23H28N2O2. The first-order valence-electron chi connectivity index (χ1n) is 9.71. The molecule has 4 heteroatoms. The second kappa shape index (κ2) is 8.49. The molecule has 1 aliphatic rings. The number of carbonyl (C=O) groups excluding carboxylic acids is 2. The maximum absolute atomic E-state index is 12.5. The van der Waals surface area contributed by atoms with E-state index >= 15 is 0 Å². The predicted octanol–water partition coefficient (Wildman–Crippen LogP) is 3.56. The van der Waals surface area contributed by atoms with Crippen molar-refractivity contribution in [3.63, 3.8) is 0 Å². The van der Waals surface area contributed by atoms with Crippen LogP contribution in [0.25, 0.3) is 0 Å². The molecule has 0 aliphatic carbocycles. The van der Waals surface area contributed by atoms with Crippen molar-refractivity contribution in [2.45, 2.75) is 38.6 Å². The van der Waals surface area contributed by atoms with Gasteiger partial charge in [0.05, 0.1) is 5.41 Å². The van der Waals surface area contributed by atoms with E-state index in [1.807, 2.05) is 49.4 Å². The Morgan fingerprint density at radius 2 is 1.63 bits per heavy atom. The third-order valence-electron chi connectivity index (χ3n) is 5.67. The number of rotatable bonds is 6. The van der Waals surface area contributed by atoms with Crippen LogP contribution in [0.4, 0.5) is 0 Å². The van der Waals surface area contributed by atoms with Crippen molar-refractivity contribution in [2.24, 2.45) is 0 Å². The number of ketones is 1. The third kappa shape index (κ3) is 4.28. The number of benzene rings is 2. The largest absolute Gasteiger partial charge is 0.352 e. The van der Waals surface area contributed by atoms with Gasteiger partial charge in [-0.2, -0.15) is 0 Å². The fraction of sp³-hybridized carbons (Fsp3) is 0.391. The summed E-state index contributed by atoms with van der Waals surface area (Å²) in [5.41, 5.74) is 2.68. The normalized spacial score (nSPS) is 16.7. The second-order valence-electron chi connectivity index (χ2n) is 7.34. The molecular weight excluding hydrogens is 336 g/mol. The highest BCUT2D eigenvalue weighted by atomic mass is 16.1. The molecule has 0 radical (unpaired) electrons. The number of piperidine rings is 1. The number of nitrogens with zero attached hydrogens (tertiary/aromatic N) is 1. The summed E-state index contributed by atoms with van der Waals surface area (Å²) in [4.78, 5) is 26.7. The highest BCUT2D eigenvalue weighted by molar-refractivity contribution is 5.94. The Bertz CT molecular complexity index is 776. The first kappa shape index (κ1) is 19.3. The summed E-state index contributed by atoms with van der Waals surface area (Å²) < 4.78 is 0. The Morgan fingerprint density at radius 1 is 1.00 bits per heavy atom. The third-order valence-corrected chi connectivity index (χ3v) is 5.67. The zero-order valence-electron chi connectivity index (χ0n) is 16.2. The summed E-state index contributed by atoms with van der Waals surface area (Å²) in [6, 6.07) is 18.0. The number of carbonyl (C=O) groups is 2. The Labute approximate surface area is 161 Å². The molecule has 0 saturated carbocycles. The van der Waals surface area contributed by atoms with Crippen LogP contribution in [-0.4, -0.2) is 36.2 Å². The summed E-state index contributed by atoms with van der Waals surface area (Å²) >= 11 is 0. The van der Waals surface area contributed by atoms with Gasteiger partial charge in [0.25, 0.3) is 5.91 Å². The van der Waals surface area contributed by atoms with Crippen molar-refractivity contribution < 1.29 is 9.59 Å². The predicted molar refractivity (Wildman–Crippen MR) is 108 cm³/mol. The molecule has 27 heavy (non-hydrogen) atoms. The minimum Gasteiger partial charge on any atom is -0.352 e. The smallest absolute Gasteiger partial charge is 0.251 e. The van der Waals surface area contributed by atoms with Crippen LogP contribution in [0.3, 0.4) is 0 Å². The molecule has 1 aliphatic heterocycles. The van der Waals surface area contributed by atoms with Gasteiger partial charge < -0.3 is 5.32 Å². The molecule has 142 valence electrons. The van der Waals surface area contributed by atoms with E-state index in [9.17, 15) is 9.59 Å². The van der Waals surface area contributed by atoms with E-state index in [0.717, 1.165) is 38.0 Å². The fourth-order valence-corrected chi connectivity index (χ4v) is 3.98. The minimum absolute atomic E-state index is 0.0314. The van der Waals surface area contributed by atoms with Gasteiger partial charge >= 0.3 is 0 Å². The Kier molecular flexibility index (Phi) is 6.07. The molecule has 0 bridgehead atoms. The van der Waals surface area contributed by atoms with Crippen LogP contribution in [0, 0.1) is 0 Å². The molecule has 2 aromatic carbocycles. The van der Waals surface area contributed by atoms with Crippen molar-refractivity contribution in [3.8, 4) is 0 Å². The zero-order valence-corrected chi connectivity index (χ0v) is 16.2. The average molecular weight is 364 g/mol. The van der Waals surface area contributed by atoms with E-state index in [2.05, 4.69) is 22.3 Å². The monoisotopic (exact) mass is 364 g/mol. The van der Waals surface area contributed by atoms with Crippen LogP contribution in [-0.2, 0) is 16.8 Å². The number of hydrogen-bond donors (Lipinski definition) is 1. The molecule has 2 aromatic rings. The fourth-order valence-electron chi connectivity index (χ4n) is 3.98. The van der Waals surface area contributed by atoms with Crippen molar-refractivity contribution in [1.29, 1.82) is 0 Å². The first-order valence-corrected chi connectivity index (χ1v) is 9.71. The van der Waals surface area contributed by atoms with Gasteiger partial charge in [-0.25, -0.2) is 0 Å². The molecule has 0 unspecified atom stereocenters. The van der Waals surface area contributed by atoms with Crippen LogP contribution >= 0.6 is 0 Å². The summed E-state index contributed by atoms with van der Waals surface area (Å²) in [7, 11) is 0. The maximum Gasteiger partial charge on any atom is 0.251 e. The van der Waals surface area contributed by atoms with Crippen LogP contribution < -0.4 is 5.32 Å². The lowest BCUT2D eigenvalue weighted by Gasteiger charge is -2.40. The first-order chi connectivity index (χ1) is 13.0. The van der Waals surface area contributed by atoms with E-state index in [-0.39, 0.29) is 17.1 Å². The molecule has 1 heterocycles. The summed E-state index contributed by atoms with van der Waals surface area (Å²) in [5, 5.41) is 2.82. The van der Waals surface area contributed by atoms with Crippen LogP contribution in [0.5, 0.6) is 0 Å². The molecule has 1 N–H and O–H groups in total. The van der Waals surface area contributed by atoms with Crippen molar-refractivity contribution in [3.05, 3.63) is 71.3 Å². The van der Waals surface area contributed by atoms with Gasteiger partial charge in [0, 0.05) is 18.7 Å². The highest BCUT2D eigenvalue weighted by Gasteiger charge is 2.40. The van der Waals surface area contributed by atoms with Crippen molar-refractivity contribution in [2.75, 3.05) is 19.6 Å². The number of amides is 1. The summed E-state index contributed by atoms with van der Waals surface area (Å²) in [5.74, 6) is 0.232. The molecule has 1 amide bonds. The van der Waals surface area contributed by atoms with Crippen LogP contribution in [0.2, 0.25) is 0 Å². The highest BCUT2D eigenvalue weighted by Crippen LogP contribution is 2.36. The van der Waals surface area contributed by atoms with Gasteiger partial charge in [0.2, 0.25) is 0 Å². The molecule has 0 spiro atoms. The quantitative estimate of drug-likeness (QED) is 0.853. The lowest BCUT2D eigenvalue weighted by molar-refractivity contribution is -0.124. The summed E-state index contributed by atoms with van der Waals surface area (Å²) in [6.07, 6.45) is 1.70. The molecule has 0 atom stereocenters. The Morgan fingerprint density at radius 3 is 2.19 bits per heavy atom. The lowest BCUT2D eigenvalue weighted by atomic mass is 9.70. The minimum atomic E-state index is -0.347. The molecule has 1 saturated heterocycles. The number of Topliss-reactive ketones (excluding diaryl/α,β-unsaturated/α-hetero) is 1. The topological polar surface area (TPSA) is 49.4 Å². The number of likely N-dealkylation sites (tertiary alicyclic amines) is 1. The van der Waals surface area contributed by atoms with E-state index in [1.165, 1.54) is 5.56 Å². The maximum atomic E-state index is 12.5. The molecule has 0 aromatic heterocycles. The number of hydrogen-bond acceptors (Lipinski definition) is 3. The zero-order chi connectivity index (χ0) is 19.3. The van der Waals surface area contributed by atoms with E-state index in [0.29, 0.717) is 12.1 Å². The SMILES string of the molecule is CCNC(=O)c1ccc(CN2CCC(C(C)=O)(c3ccccc3)CC2)cc1. The van der Waals surface area contributed by atoms with E-state index < -0.39 is 0 Å². The van der Waals surface area contributed by atoms with Crippen molar-refractivity contribution in [1.82, 2.24) is 10.2 Å². The lowest BCUT2D eigenvalue weighted by Crippen LogP contribution is -2.46. The van der Waals surface area contributed by atoms with Crippen LogP contribution in [0.15, 0.2) is 54.6 Å². The average Bonchev–Trinajstić information content (AvgIpc) is 2.70.